The molecule has 0 spiro atoms. The number of ketones is 1. The fourth-order valence-corrected chi connectivity index (χ4v) is 2.53. The van der Waals surface area contributed by atoms with Crippen LogP contribution in [0.4, 0.5) is 5.69 Å². The van der Waals surface area contributed by atoms with Gasteiger partial charge in [-0.3, -0.25) is 4.79 Å². The van der Waals surface area contributed by atoms with E-state index in [0.29, 0.717) is 22.7 Å². The molecule has 0 amide bonds. The molecule has 0 aliphatic rings. The van der Waals surface area contributed by atoms with Crippen molar-refractivity contribution < 1.29 is 4.79 Å². The summed E-state index contributed by atoms with van der Waals surface area (Å²) in [6, 6.07) is 11.7. The number of nitrogens with two attached hydrogens (primary N) is 1. The van der Waals surface area contributed by atoms with Crippen LogP contribution in [0.25, 0.3) is 0 Å². The number of aryl methyl sites for hydroxylation is 2. The van der Waals surface area contributed by atoms with Crippen LogP contribution in [-0.2, 0) is 6.42 Å². The number of carbonyl (C=O) groups is 1. The smallest absolute Gasteiger partial charge is 0.193 e. The van der Waals surface area contributed by atoms with Gasteiger partial charge in [0.15, 0.2) is 5.78 Å². The summed E-state index contributed by atoms with van der Waals surface area (Å²) in [7, 11) is 0. The predicted molar refractivity (Wildman–Crippen MR) is 88.7 cm³/mol. The molecular formula is C19H23NO. The molecule has 0 saturated heterocycles. The minimum atomic E-state index is 0.0373. The molecule has 0 atom stereocenters. The predicted octanol–water partition coefficient (Wildman–Crippen LogP) is 4.32. The van der Waals surface area contributed by atoms with E-state index >= 15 is 0 Å². The molecule has 110 valence electrons. The second-order valence-corrected chi connectivity index (χ2v) is 6.15. The van der Waals surface area contributed by atoms with E-state index in [2.05, 4.69) is 13.8 Å². The molecule has 0 aliphatic heterocycles. The zero-order valence-corrected chi connectivity index (χ0v) is 13.2. The molecule has 2 rings (SSSR count). The lowest BCUT2D eigenvalue weighted by Crippen LogP contribution is -2.06. The van der Waals surface area contributed by atoms with Crippen molar-refractivity contribution in [3.63, 3.8) is 0 Å². The van der Waals surface area contributed by atoms with Gasteiger partial charge in [-0.1, -0.05) is 44.2 Å². The highest BCUT2D eigenvalue weighted by molar-refractivity contribution is 6.10. The largest absolute Gasteiger partial charge is 0.398 e. The summed E-state index contributed by atoms with van der Waals surface area (Å²) in [4.78, 5) is 12.6. The fourth-order valence-electron chi connectivity index (χ4n) is 2.53. The van der Waals surface area contributed by atoms with Gasteiger partial charge in [0.2, 0.25) is 0 Å². The Kier molecular flexibility index (Phi) is 4.46. The third-order valence-corrected chi connectivity index (χ3v) is 3.72. The second-order valence-electron chi connectivity index (χ2n) is 6.15. The number of rotatable bonds is 4. The lowest BCUT2D eigenvalue weighted by Gasteiger charge is -2.10. The molecule has 0 radical (unpaired) electrons. The first-order valence-electron chi connectivity index (χ1n) is 7.39. The summed E-state index contributed by atoms with van der Waals surface area (Å²) in [6.45, 7) is 8.29. The van der Waals surface area contributed by atoms with Crippen LogP contribution in [-0.4, -0.2) is 5.78 Å². The molecular weight excluding hydrogens is 258 g/mol. The van der Waals surface area contributed by atoms with E-state index in [-0.39, 0.29) is 5.78 Å². The van der Waals surface area contributed by atoms with Crippen LogP contribution in [0.15, 0.2) is 36.4 Å². The Morgan fingerprint density at radius 2 is 1.67 bits per heavy atom. The Hall–Kier alpha value is -2.09. The molecule has 0 aromatic heterocycles. The first-order chi connectivity index (χ1) is 9.88. The van der Waals surface area contributed by atoms with Crippen molar-refractivity contribution in [1.82, 2.24) is 0 Å². The van der Waals surface area contributed by atoms with Crippen molar-refractivity contribution in [2.24, 2.45) is 5.92 Å². The van der Waals surface area contributed by atoms with E-state index in [0.717, 1.165) is 17.5 Å². The first-order valence-corrected chi connectivity index (χ1v) is 7.39. The average Bonchev–Trinajstić information content (AvgIpc) is 2.42. The van der Waals surface area contributed by atoms with Crippen molar-refractivity contribution in [2.75, 3.05) is 5.73 Å². The second kappa shape index (κ2) is 6.13. The number of carbonyl (C=O) groups excluding carboxylic acids is 1. The number of nitrogen functional groups attached to an aromatic ring is 1. The summed E-state index contributed by atoms with van der Waals surface area (Å²) < 4.78 is 0. The van der Waals surface area contributed by atoms with Gasteiger partial charge in [0.25, 0.3) is 0 Å². The summed E-state index contributed by atoms with van der Waals surface area (Å²) in [5.74, 6) is 0.654. The monoisotopic (exact) mass is 281 g/mol. The van der Waals surface area contributed by atoms with Gasteiger partial charge in [-0.05, 0) is 48.9 Å². The molecule has 2 aromatic rings. The van der Waals surface area contributed by atoms with Crippen LogP contribution in [0.3, 0.4) is 0 Å². The summed E-state index contributed by atoms with van der Waals surface area (Å²) in [5.41, 5.74) is 11.3. The van der Waals surface area contributed by atoms with Crippen molar-refractivity contribution in [1.29, 1.82) is 0 Å². The maximum atomic E-state index is 12.6. The molecule has 2 N–H and O–H groups in total. The van der Waals surface area contributed by atoms with Crippen LogP contribution < -0.4 is 5.73 Å². The normalized spacial score (nSPS) is 10.9. The maximum Gasteiger partial charge on any atom is 0.193 e. The maximum absolute atomic E-state index is 12.6. The minimum Gasteiger partial charge on any atom is -0.398 e. The third kappa shape index (κ3) is 3.52. The van der Waals surface area contributed by atoms with E-state index in [4.69, 9.17) is 5.73 Å². The number of hydrogen-bond acceptors (Lipinski definition) is 2. The molecule has 0 fully saturated rings. The quantitative estimate of drug-likeness (QED) is 0.670. The van der Waals surface area contributed by atoms with Gasteiger partial charge >= 0.3 is 0 Å². The Labute approximate surface area is 127 Å². The molecule has 0 heterocycles. The van der Waals surface area contributed by atoms with Gasteiger partial charge < -0.3 is 5.73 Å². The van der Waals surface area contributed by atoms with Gasteiger partial charge in [-0.15, -0.1) is 0 Å². The van der Waals surface area contributed by atoms with Crippen molar-refractivity contribution in [2.45, 2.75) is 34.1 Å². The molecule has 0 saturated carbocycles. The third-order valence-electron chi connectivity index (χ3n) is 3.72. The molecule has 2 heteroatoms. The van der Waals surface area contributed by atoms with Gasteiger partial charge in [-0.2, -0.15) is 0 Å². The summed E-state index contributed by atoms with van der Waals surface area (Å²) >= 11 is 0. The topological polar surface area (TPSA) is 43.1 Å². The van der Waals surface area contributed by atoms with Gasteiger partial charge in [0.05, 0.1) is 0 Å². The number of benzene rings is 2. The van der Waals surface area contributed by atoms with Crippen LogP contribution in [0.2, 0.25) is 0 Å². The van der Waals surface area contributed by atoms with E-state index in [1.165, 1.54) is 5.56 Å². The van der Waals surface area contributed by atoms with Crippen molar-refractivity contribution in [3.05, 3.63) is 64.2 Å². The van der Waals surface area contributed by atoms with Crippen molar-refractivity contribution in [3.8, 4) is 0 Å². The highest BCUT2D eigenvalue weighted by atomic mass is 16.1. The molecule has 21 heavy (non-hydrogen) atoms. The zero-order chi connectivity index (χ0) is 15.6. The Morgan fingerprint density at radius 1 is 1.05 bits per heavy atom. The average molecular weight is 281 g/mol. The molecule has 0 aliphatic carbocycles. The first kappa shape index (κ1) is 15.3. The van der Waals surface area contributed by atoms with Crippen LogP contribution >= 0.6 is 0 Å². The van der Waals surface area contributed by atoms with Gasteiger partial charge in [0.1, 0.15) is 0 Å². The Balaban J connectivity index is 2.30. The van der Waals surface area contributed by atoms with E-state index in [9.17, 15) is 4.79 Å². The minimum absolute atomic E-state index is 0.0373. The van der Waals surface area contributed by atoms with Crippen molar-refractivity contribution >= 4 is 11.5 Å². The van der Waals surface area contributed by atoms with Crippen LogP contribution in [0, 0.1) is 19.8 Å². The SMILES string of the molecule is Cc1cc(C)c(C(=O)c2ccc(CC(C)C)cc2)cc1N. The molecule has 2 nitrogen and oxygen atoms in total. The van der Waals surface area contributed by atoms with Crippen LogP contribution in [0.1, 0.15) is 46.5 Å². The Bertz CT molecular complexity index is 654. The van der Waals surface area contributed by atoms with Gasteiger partial charge in [-0.25, -0.2) is 0 Å². The molecule has 0 unspecified atom stereocenters. The number of hydrogen-bond donors (Lipinski definition) is 1. The van der Waals surface area contributed by atoms with Gasteiger partial charge in [0, 0.05) is 16.8 Å². The summed E-state index contributed by atoms with van der Waals surface area (Å²) in [6.07, 6.45) is 1.03. The zero-order valence-electron chi connectivity index (χ0n) is 13.2. The number of anilines is 1. The lowest BCUT2D eigenvalue weighted by atomic mass is 9.95. The highest BCUT2D eigenvalue weighted by Crippen LogP contribution is 2.21. The van der Waals surface area contributed by atoms with E-state index in [1.807, 2.05) is 44.2 Å². The molecule has 2 aromatic carbocycles. The fraction of sp³-hybridized carbons (Fsp3) is 0.316. The van der Waals surface area contributed by atoms with Crippen LogP contribution in [0.5, 0.6) is 0 Å². The van der Waals surface area contributed by atoms with E-state index < -0.39 is 0 Å². The highest BCUT2D eigenvalue weighted by Gasteiger charge is 2.13. The summed E-state index contributed by atoms with van der Waals surface area (Å²) in [5, 5.41) is 0. The lowest BCUT2D eigenvalue weighted by molar-refractivity contribution is 0.103. The van der Waals surface area contributed by atoms with E-state index in [1.54, 1.807) is 6.07 Å². The standard InChI is InChI=1S/C19H23NO/c1-12(2)9-15-5-7-16(8-6-15)19(21)17-11-18(20)14(4)10-13(17)3/h5-8,10-12H,9,20H2,1-4H3. The Morgan fingerprint density at radius 3 is 2.24 bits per heavy atom. The molecule has 0 bridgehead atoms.